The van der Waals surface area contributed by atoms with E-state index in [2.05, 4.69) is 9.72 Å². The van der Waals surface area contributed by atoms with Crippen LogP contribution in [-0.4, -0.2) is 11.3 Å². The number of alkyl halides is 5. The van der Waals surface area contributed by atoms with Crippen LogP contribution in [0.1, 0.15) is 17.6 Å². The molecule has 1 rings (SSSR count). The summed E-state index contributed by atoms with van der Waals surface area (Å²) in [6.45, 7) is 1.24. The van der Waals surface area contributed by atoms with E-state index in [-0.39, 0.29) is 5.56 Å². The van der Waals surface area contributed by atoms with Gasteiger partial charge in [-0.2, -0.15) is 4.98 Å². The number of rotatable bonds is 2. The van der Waals surface area contributed by atoms with Gasteiger partial charge in [0.15, 0.2) is 0 Å². The first-order valence-electron chi connectivity index (χ1n) is 4.01. The van der Waals surface area contributed by atoms with Crippen LogP contribution >= 0.6 is 0 Å². The predicted molar refractivity (Wildman–Crippen MR) is 45.0 cm³/mol. The predicted octanol–water partition coefficient (Wildman–Crippen LogP) is 2.81. The van der Waals surface area contributed by atoms with Gasteiger partial charge in [-0.05, 0) is 6.92 Å². The lowest BCUT2D eigenvalue weighted by molar-refractivity contribution is -0.276. The third kappa shape index (κ3) is 2.94. The second kappa shape index (κ2) is 4.11. The number of pyridine rings is 1. The summed E-state index contributed by atoms with van der Waals surface area (Å²) in [5.41, 5.74) is 4.49. The molecule has 1 aromatic heterocycles. The molecule has 90 valence electrons. The minimum absolute atomic E-state index is 0.0653. The van der Waals surface area contributed by atoms with Crippen LogP contribution in [0.3, 0.4) is 0 Å². The number of ether oxygens (including phenoxy) is 1. The molecule has 0 atom stereocenters. The van der Waals surface area contributed by atoms with Crippen LogP contribution in [-0.2, 0) is 0 Å². The van der Waals surface area contributed by atoms with Gasteiger partial charge in [0.25, 0.3) is 6.43 Å². The molecule has 0 aliphatic rings. The van der Waals surface area contributed by atoms with Gasteiger partial charge >= 0.3 is 6.36 Å². The van der Waals surface area contributed by atoms with Crippen LogP contribution in [0.4, 0.5) is 27.8 Å². The molecule has 0 radical (unpaired) electrons. The van der Waals surface area contributed by atoms with E-state index in [1.54, 1.807) is 0 Å². The minimum atomic E-state index is -4.99. The average molecular weight is 242 g/mol. The van der Waals surface area contributed by atoms with E-state index < -0.39 is 30.0 Å². The van der Waals surface area contributed by atoms with Crippen molar-refractivity contribution in [3.8, 4) is 5.88 Å². The molecule has 8 heteroatoms. The van der Waals surface area contributed by atoms with E-state index in [1.807, 2.05) is 0 Å². The van der Waals surface area contributed by atoms with Gasteiger partial charge in [0, 0.05) is 17.2 Å². The van der Waals surface area contributed by atoms with Gasteiger partial charge in [0.2, 0.25) is 5.88 Å². The Balaban J connectivity index is 3.14. The van der Waals surface area contributed by atoms with Crippen LogP contribution in [0.2, 0.25) is 0 Å². The molecular weight excluding hydrogens is 235 g/mol. The minimum Gasteiger partial charge on any atom is -0.388 e. The van der Waals surface area contributed by atoms with E-state index >= 15 is 0 Å². The maximum absolute atomic E-state index is 12.4. The molecule has 0 saturated heterocycles. The van der Waals surface area contributed by atoms with Gasteiger partial charge in [0.1, 0.15) is 5.82 Å². The fraction of sp³-hybridized carbons (Fsp3) is 0.375. The quantitative estimate of drug-likeness (QED) is 0.811. The summed E-state index contributed by atoms with van der Waals surface area (Å²) < 4.78 is 63.7. The zero-order valence-corrected chi connectivity index (χ0v) is 7.98. The van der Waals surface area contributed by atoms with Crippen molar-refractivity contribution in [3.63, 3.8) is 0 Å². The van der Waals surface area contributed by atoms with Crippen molar-refractivity contribution in [1.82, 2.24) is 4.98 Å². The Morgan fingerprint density at radius 3 is 2.38 bits per heavy atom. The molecule has 0 aromatic carbocycles. The summed E-state index contributed by atoms with van der Waals surface area (Å²) >= 11 is 0. The molecule has 16 heavy (non-hydrogen) atoms. The molecule has 1 aromatic rings. The molecule has 0 aliphatic heterocycles. The van der Waals surface area contributed by atoms with Gasteiger partial charge in [-0.1, -0.05) is 0 Å². The molecule has 1 heterocycles. The van der Waals surface area contributed by atoms with E-state index in [9.17, 15) is 22.0 Å². The summed E-state index contributed by atoms with van der Waals surface area (Å²) in [7, 11) is 0. The Bertz CT molecular complexity index is 391. The summed E-state index contributed by atoms with van der Waals surface area (Å²) in [5.74, 6) is -1.41. The second-order valence-corrected chi connectivity index (χ2v) is 2.91. The van der Waals surface area contributed by atoms with Crippen LogP contribution < -0.4 is 10.5 Å². The number of anilines is 1. The normalized spacial score (nSPS) is 11.9. The van der Waals surface area contributed by atoms with E-state index in [0.717, 1.165) is 0 Å². The van der Waals surface area contributed by atoms with Crippen LogP contribution in [0.25, 0.3) is 0 Å². The highest BCUT2D eigenvalue weighted by atomic mass is 19.4. The van der Waals surface area contributed by atoms with Gasteiger partial charge in [-0.25, -0.2) is 8.78 Å². The first-order valence-corrected chi connectivity index (χ1v) is 4.01. The summed E-state index contributed by atoms with van der Waals surface area (Å²) in [6.07, 6.45) is -7.94. The SMILES string of the molecule is Cc1c(C(F)F)cc(OC(F)(F)F)nc1N. The zero-order chi connectivity index (χ0) is 12.5. The number of nitrogen functional groups attached to an aromatic ring is 1. The number of nitrogens with two attached hydrogens (primary N) is 1. The van der Waals surface area contributed by atoms with Crippen molar-refractivity contribution in [2.24, 2.45) is 0 Å². The molecule has 0 amide bonds. The van der Waals surface area contributed by atoms with Gasteiger partial charge in [-0.3, -0.25) is 0 Å². The highest BCUT2D eigenvalue weighted by molar-refractivity contribution is 5.47. The molecule has 0 spiro atoms. The topological polar surface area (TPSA) is 48.1 Å². The van der Waals surface area contributed by atoms with Gasteiger partial charge in [0.05, 0.1) is 0 Å². The number of halogens is 5. The highest BCUT2D eigenvalue weighted by Crippen LogP contribution is 2.30. The maximum Gasteiger partial charge on any atom is 0.574 e. The first-order chi connectivity index (χ1) is 7.20. The molecule has 3 nitrogen and oxygen atoms in total. The fourth-order valence-corrected chi connectivity index (χ4v) is 1.02. The smallest absolute Gasteiger partial charge is 0.388 e. The molecule has 2 N–H and O–H groups in total. The van der Waals surface area contributed by atoms with Crippen molar-refractivity contribution >= 4 is 5.82 Å². The first kappa shape index (κ1) is 12.5. The monoisotopic (exact) mass is 242 g/mol. The average Bonchev–Trinajstić information content (AvgIpc) is 2.07. The molecule has 0 bridgehead atoms. The Morgan fingerprint density at radius 1 is 1.38 bits per heavy atom. The highest BCUT2D eigenvalue weighted by Gasteiger charge is 2.32. The van der Waals surface area contributed by atoms with Gasteiger partial charge < -0.3 is 10.5 Å². The van der Waals surface area contributed by atoms with Crippen molar-refractivity contribution in [2.75, 3.05) is 5.73 Å². The lowest BCUT2D eigenvalue weighted by Gasteiger charge is -2.12. The third-order valence-electron chi connectivity index (χ3n) is 1.78. The van der Waals surface area contributed by atoms with Crippen LogP contribution in [0, 0.1) is 6.92 Å². The van der Waals surface area contributed by atoms with Crippen molar-refractivity contribution in [2.45, 2.75) is 19.7 Å². The maximum atomic E-state index is 12.4. The number of hydrogen-bond acceptors (Lipinski definition) is 3. The Kier molecular flexibility index (Phi) is 3.20. The van der Waals surface area contributed by atoms with Crippen LogP contribution in [0.15, 0.2) is 6.07 Å². The Labute approximate surface area is 87.0 Å². The third-order valence-corrected chi connectivity index (χ3v) is 1.78. The van der Waals surface area contributed by atoms with Crippen molar-refractivity contribution in [1.29, 1.82) is 0 Å². The van der Waals surface area contributed by atoms with E-state index in [1.165, 1.54) is 6.92 Å². The zero-order valence-electron chi connectivity index (χ0n) is 7.98. The second-order valence-electron chi connectivity index (χ2n) is 2.91. The molecular formula is C8H7F5N2O. The molecule has 0 fully saturated rings. The van der Waals surface area contributed by atoms with Gasteiger partial charge in [-0.15, -0.1) is 13.2 Å². The summed E-state index contributed by atoms with van der Waals surface area (Å²) in [4.78, 5) is 3.20. The number of hydrogen-bond donors (Lipinski definition) is 1. The molecule has 0 saturated carbocycles. The summed E-state index contributed by atoms with van der Waals surface area (Å²) in [5, 5.41) is 0. The Hall–Kier alpha value is -1.60. The van der Waals surface area contributed by atoms with E-state index in [0.29, 0.717) is 6.07 Å². The molecule has 0 unspecified atom stereocenters. The number of nitrogens with zero attached hydrogens (tertiary/aromatic N) is 1. The fourth-order valence-electron chi connectivity index (χ4n) is 1.02. The Morgan fingerprint density at radius 2 is 1.94 bits per heavy atom. The standard InChI is InChI=1S/C8H7F5N2O/c1-3-4(6(9)10)2-5(15-7(3)14)16-8(11,12)13/h2,6H,1H3,(H2,14,15). The lowest BCUT2D eigenvalue weighted by atomic mass is 10.1. The van der Waals surface area contributed by atoms with Crippen molar-refractivity contribution < 1.29 is 26.7 Å². The van der Waals surface area contributed by atoms with Crippen molar-refractivity contribution in [3.05, 3.63) is 17.2 Å². The van der Waals surface area contributed by atoms with E-state index in [4.69, 9.17) is 5.73 Å². The number of aromatic nitrogens is 1. The molecule has 0 aliphatic carbocycles. The van der Waals surface area contributed by atoms with Crippen LogP contribution in [0.5, 0.6) is 5.88 Å². The lowest BCUT2D eigenvalue weighted by Crippen LogP contribution is -2.18. The largest absolute Gasteiger partial charge is 0.574 e. The summed E-state index contributed by atoms with van der Waals surface area (Å²) in [6, 6.07) is 0.518.